The summed E-state index contributed by atoms with van der Waals surface area (Å²) >= 11 is 0. The van der Waals surface area contributed by atoms with Crippen molar-refractivity contribution in [1.29, 1.82) is 0 Å². The second-order valence-electron chi connectivity index (χ2n) is 2.29. The lowest BCUT2D eigenvalue weighted by atomic mass is 10.3. The molecule has 0 amide bonds. The van der Waals surface area contributed by atoms with Gasteiger partial charge in [-0.2, -0.15) is 0 Å². The molecule has 0 atom stereocenters. The first-order valence-corrected chi connectivity index (χ1v) is 3.46. The lowest BCUT2D eigenvalue weighted by molar-refractivity contribution is 0.517. The van der Waals surface area contributed by atoms with Crippen LogP contribution in [0.4, 0.5) is 0 Å². The van der Waals surface area contributed by atoms with E-state index in [-0.39, 0.29) is 0 Å². The predicted octanol–water partition coefficient (Wildman–Crippen LogP) is 1.59. The number of aromatic nitrogens is 2. The molecule has 0 unspecified atom stereocenters. The molecular formula is C8H8N2O. The molecule has 0 aliphatic rings. The van der Waals surface area contributed by atoms with Crippen molar-refractivity contribution in [1.82, 2.24) is 9.97 Å². The van der Waals surface area contributed by atoms with Gasteiger partial charge in [0.2, 0.25) is 0 Å². The summed E-state index contributed by atoms with van der Waals surface area (Å²) in [6.45, 7) is 0. The molecule has 3 heteroatoms. The quantitative estimate of drug-likeness (QED) is 0.702. The number of aromatic amines is 1. The van der Waals surface area contributed by atoms with E-state index < -0.39 is 0 Å². The SMILES string of the molecule is c1coc(Cc2ncc[nH]2)c1. The van der Waals surface area contributed by atoms with Crippen LogP contribution in [0.5, 0.6) is 0 Å². The molecule has 0 saturated carbocycles. The molecular weight excluding hydrogens is 140 g/mol. The van der Waals surface area contributed by atoms with Crippen LogP contribution in [0.15, 0.2) is 35.2 Å². The van der Waals surface area contributed by atoms with E-state index in [4.69, 9.17) is 4.42 Å². The van der Waals surface area contributed by atoms with Gasteiger partial charge in [-0.15, -0.1) is 0 Å². The number of rotatable bonds is 2. The Kier molecular flexibility index (Phi) is 1.48. The largest absolute Gasteiger partial charge is 0.469 e. The topological polar surface area (TPSA) is 41.8 Å². The molecule has 0 bridgehead atoms. The lowest BCUT2D eigenvalue weighted by Gasteiger charge is -1.89. The maximum atomic E-state index is 5.15. The number of hydrogen-bond acceptors (Lipinski definition) is 2. The number of hydrogen-bond donors (Lipinski definition) is 1. The first-order chi connectivity index (χ1) is 5.45. The Morgan fingerprint density at radius 2 is 2.55 bits per heavy atom. The van der Waals surface area contributed by atoms with E-state index in [1.165, 1.54) is 0 Å². The van der Waals surface area contributed by atoms with Gasteiger partial charge in [-0.3, -0.25) is 0 Å². The summed E-state index contributed by atoms with van der Waals surface area (Å²) in [5.41, 5.74) is 0. The summed E-state index contributed by atoms with van der Waals surface area (Å²) in [7, 11) is 0. The molecule has 1 N–H and O–H groups in total. The van der Waals surface area contributed by atoms with Gasteiger partial charge in [0.05, 0.1) is 12.7 Å². The maximum absolute atomic E-state index is 5.15. The highest BCUT2D eigenvalue weighted by Crippen LogP contribution is 2.04. The fourth-order valence-electron chi connectivity index (χ4n) is 0.973. The standard InChI is InChI=1S/C8H8N2O/c1-2-7(11-5-1)6-8-9-3-4-10-8/h1-5H,6H2,(H,9,10). The van der Waals surface area contributed by atoms with E-state index in [1.54, 1.807) is 18.7 Å². The van der Waals surface area contributed by atoms with Gasteiger partial charge in [-0.1, -0.05) is 0 Å². The molecule has 2 aromatic heterocycles. The molecule has 11 heavy (non-hydrogen) atoms. The summed E-state index contributed by atoms with van der Waals surface area (Å²) in [6.07, 6.45) is 5.94. The molecule has 2 rings (SSSR count). The second-order valence-corrected chi connectivity index (χ2v) is 2.29. The average Bonchev–Trinajstić information content (AvgIpc) is 2.60. The van der Waals surface area contributed by atoms with Crippen molar-refractivity contribution >= 4 is 0 Å². The van der Waals surface area contributed by atoms with Crippen molar-refractivity contribution in [2.75, 3.05) is 0 Å². The van der Waals surface area contributed by atoms with E-state index in [9.17, 15) is 0 Å². The third-order valence-corrected chi connectivity index (χ3v) is 1.48. The van der Waals surface area contributed by atoms with Gasteiger partial charge in [-0.25, -0.2) is 4.98 Å². The monoisotopic (exact) mass is 148 g/mol. The van der Waals surface area contributed by atoms with Crippen LogP contribution >= 0.6 is 0 Å². The number of imidazole rings is 1. The highest BCUT2D eigenvalue weighted by molar-refractivity contribution is 5.05. The Hall–Kier alpha value is -1.51. The van der Waals surface area contributed by atoms with Gasteiger partial charge in [0.15, 0.2) is 0 Å². The van der Waals surface area contributed by atoms with Crippen molar-refractivity contribution < 1.29 is 4.42 Å². The fourth-order valence-corrected chi connectivity index (χ4v) is 0.973. The third-order valence-electron chi connectivity index (χ3n) is 1.48. The molecule has 0 fully saturated rings. The number of furan rings is 1. The van der Waals surface area contributed by atoms with Crippen LogP contribution in [0.3, 0.4) is 0 Å². The molecule has 0 radical (unpaired) electrons. The smallest absolute Gasteiger partial charge is 0.113 e. The van der Waals surface area contributed by atoms with Gasteiger partial charge in [0.25, 0.3) is 0 Å². The molecule has 2 aromatic rings. The summed E-state index contributed by atoms with van der Waals surface area (Å²) in [5, 5.41) is 0. The number of H-pyrrole nitrogens is 1. The zero-order chi connectivity index (χ0) is 7.52. The Balaban J connectivity index is 2.14. The van der Waals surface area contributed by atoms with Crippen LogP contribution in [-0.4, -0.2) is 9.97 Å². The van der Waals surface area contributed by atoms with Crippen LogP contribution in [0.1, 0.15) is 11.6 Å². The first kappa shape index (κ1) is 6.22. The fraction of sp³-hybridized carbons (Fsp3) is 0.125. The van der Waals surface area contributed by atoms with Gasteiger partial charge in [0.1, 0.15) is 11.6 Å². The molecule has 0 aliphatic heterocycles. The Labute approximate surface area is 64.1 Å². The summed E-state index contributed by atoms with van der Waals surface area (Å²) in [4.78, 5) is 7.08. The minimum Gasteiger partial charge on any atom is -0.469 e. The Morgan fingerprint density at radius 1 is 1.55 bits per heavy atom. The zero-order valence-corrected chi connectivity index (χ0v) is 5.95. The van der Waals surface area contributed by atoms with Crippen molar-refractivity contribution in [3.63, 3.8) is 0 Å². The third kappa shape index (κ3) is 1.32. The summed E-state index contributed by atoms with van der Waals surface area (Å²) in [6, 6.07) is 3.81. The van der Waals surface area contributed by atoms with Crippen molar-refractivity contribution in [3.8, 4) is 0 Å². The predicted molar refractivity (Wildman–Crippen MR) is 40.1 cm³/mol. The van der Waals surface area contributed by atoms with Crippen LogP contribution in [0, 0.1) is 0 Å². The first-order valence-electron chi connectivity index (χ1n) is 3.46. The number of nitrogens with one attached hydrogen (secondary N) is 1. The van der Waals surface area contributed by atoms with E-state index in [0.29, 0.717) is 0 Å². The van der Waals surface area contributed by atoms with Gasteiger partial charge >= 0.3 is 0 Å². The van der Waals surface area contributed by atoms with Crippen LogP contribution in [0.2, 0.25) is 0 Å². The maximum Gasteiger partial charge on any atom is 0.113 e. The molecule has 3 nitrogen and oxygen atoms in total. The molecule has 0 aromatic carbocycles. The molecule has 0 spiro atoms. The Morgan fingerprint density at radius 3 is 3.18 bits per heavy atom. The van der Waals surface area contributed by atoms with Crippen molar-refractivity contribution in [2.45, 2.75) is 6.42 Å². The van der Waals surface area contributed by atoms with E-state index in [2.05, 4.69) is 9.97 Å². The normalized spacial score (nSPS) is 10.2. The van der Waals surface area contributed by atoms with Crippen LogP contribution < -0.4 is 0 Å². The number of nitrogens with zero attached hydrogens (tertiary/aromatic N) is 1. The molecule has 0 saturated heterocycles. The lowest BCUT2D eigenvalue weighted by Crippen LogP contribution is -1.86. The van der Waals surface area contributed by atoms with E-state index >= 15 is 0 Å². The summed E-state index contributed by atoms with van der Waals surface area (Å²) in [5.74, 6) is 1.86. The van der Waals surface area contributed by atoms with Crippen LogP contribution in [-0.2, 0) is 6.42 Å². The molecule has 0 aliphatic carbocycles. The van der Waals surface area contributed by atoms with Gasteiger partial charge in [0, 0.05) is 12.4 Å². The minimum atomic E-state index is 0.736. The van der Waals surface area contributed by atoms with Crippen molar-refractivity contribution in [3.05, 3.63) is 42.4 Å². The molecule has 56 valence electrons. The van der Waals surface area contributed by atoms with E-state index in [0.717, 1.165) is 18.0 Å². The van der Waals surface area contributed by atoms with Crippen LogP contribution in [0.25, 0.3) is 0 Å². The minimum absolute atomic E-state index is 0.736. The van der Waals surface area contributed by atoms with E-state index in [1.807, 2.05) is 12.1 Å². The zero-order valence-electron chi connectivity index (χ0n) is 5.95. The highest BCUT2D eigenvalue weighted by atomic mass is 16.3. The second kappa shape index (κ2) is 2.62. The molecule has 2 heterocycles. The average molecular weight is 148 g/mol. The highest BCUT2D eigenvalue weighted by Gasteiger charge is 1.98. The van der Waals surface area contributed by atoms with Crippen molar-refractivity contribution in [2.24, 2.45) is 0 Å². The Bertz CT molecular complexity index is 264. The van der Waals surface area contributed by atoms with Gasteiger partial charge < -0.3 is 9.40 Å². The summed E-state index contributed by atoms with van der Waals surface area (Å²) < 4.78 is 5.15. The van der Waals surface area contributed by atoms with Gasteiger partial charge in [-0.05, 0) is 12.1 Å².